The molecule has 1 aliphatic rings. The Bertz CT molecular complexity index is 985. The molecule has 1 saturated heterocycles. The van der Waals surface area contributed by atoms with Crippen molar-refractivity contribution in [1.82, 2.24) is 25.1 Å². The fourth-order valence-corrected chi connectivity index (χ4v) is 3.49. The molecule has 0 unspecified atom stereocenters. The zero-order valence-electron chi connectivity index (χ0n) is 15.7. The Kier molecular flexibility index (Phi) is 5.71. The third-order valence-electron chi connectivity index (χ3n) is 4.89. The van der Waals surface area contributed by atoms with Crippen molar-refractivity contribution < 1.29 is 9.18 Å². The van der Waals surface area contributed by atoms with E-state index >= 15 is 0 Å². The summed E-state index contributed by atoms with van der Waals surface area (Å²) in [5.74, 6) is 0.293. The molecule has 0 bridgehead atoms. The Hall–Kier alpha value is -3.00. The molecule has 150 valence electrons. The van der Waals surface area contributed by atoms with Crippen LogP contribution in [0.4, 0.5) is 10.1 Å². The maximum atomic E-state index is 13.1. The molecule has 4 rings (SSSR count). The van der Waals surface area contributed by atoms with Gasteiger partial charge in [-0.2, -0.15) is 4.80 Å². The van der Waals surface area contributed by atoms with Gasteiger partial charge in [-0.15, -0.1) is 10.2 Å². The van der Waals surface area contributed by atoms with E-state index in [9.17, 15) is 9.18 Å². The number of aromatic nitrogens is 4. The van der Waals surface area contributed by atoms with E-state index in [1.165, 1.54) is 16.9 Å². The average Bonchev–Trinajstić information content (AvgIpc) is 3.22. The van der Waals surface area contributed by atoms with Crippen molar-refractivity contribution in [3.05, 3.63) is 59.4 Å². The van der Waals surface area contributed by atoms with Gasteiger partial charge in [0.2, 0.25) is 11.7 Å². The summed E-state index contributed by atoms with van der Waals surface area (Å²) in [6, 6.07) is 13.7. The van der Waals surface area contributed by atoms with E-state index < -0.39 is 0 Å². The van der Waals surface area contributed by atoms with Gasteiger partial charge in [-0.3, -0.25) is 4.79 Å². The van der Waals surface area contributed by atoms with Crippen LogP contribution >= 0.6 is 11.6 Å². The average molecular weight is 415 g/mol. The number of aryl methyl sites for hydroxylation is 1. The summed E-state index contributed by atoms with van der Waals surface area (Å²) >= 11 is 5.99. The molecule has 2 heterocycles. The number of tetrazole rings is 1. The van der Waals surface area contributed by atoms with Gasteiger partial charge >= 0.3 is 0 Å². The quantitative estimate of drug-likeness (QED) is 0.642. The van der Waals surface area contributed by atoms with Crippen LogP contribution in [-0.4, -0.2) is 57.2 Å². The molecule has 7 nitrogen and oxygen atoms in total. The molecular weight excluding hydrogens is 395 g/mol. The van der Waals surface area contributed by atoms with Crippen molar-refractivity contribution in [2.45, 2.75) is 13.0 Å². The summed E-state index contributed by atoms with van der Waals surface area (Å²) in [5.41, 5.74) is 1.76. The number of halogens is 2. The molecule has 1 aliphatic heterocycles. The van der Waals surface area contributed by atoms with Gasteiger partial charge in [0, 0.05) is 48.9 Å². The zero-order valence-corrected chi connectivity index (χ0v) is 16.5. The molecule has 1 aromatic heterocycles. The number of nitrogens with zero attached hydrogens (tertiary/aromatic N) is 6. The molecule has 2 aromatic carbocycles. The van der Waals surface area contributed by atoms with Gasteiger partial charge in [0.1, 0.15) is 5.82 Å². The standard InChI is InChI=1S/C20H20ClFN6O/c21-16-3-1-2-15(14-16)20-23-25-28(24-20)9-8-19(29)27-12-10-26(11-13-27)18-6-4-17(22)5-7-18/h1-7,14H,8-13H2. The van der Waals surface area contributed by atoms with E-state index in [0.29, 0.717) is 36.9 Å². The number of carbonyl (C=O) groups excluding carboxylic acids is 1. The summed E-state index contributed by atoms with van der Waals surface area (Å²) in [6.07, 6.45) is 0.307. The lowest BCUT2D eigenvalue weighted by Crippen LogP contribution is -2.49. The predicted octanol–water partition coefficient (Wildman–Crippen LogP) is 2.87. The Morgan fingerprint density at radius 3 is 2.55 bits per heavy atom. The number of hydrogen-bond acceptors (Lipinski definition) is 5. The van der Waals surface area contributed by atoms with Gasteiger partial charge in [-0.25, -0.2) is 4.39 Å². The first-order valence-corrected chi connectivity index (χ1v) is 9.78. The van der Waals surface area contributed by atoms with Crippen LogP contribution in [0.1, 0.15) is 6.42 Å². The highest BCUT2D eigenvalue weighted by Crippen LogP contribution is 2.19. The van der Waals surface area contributed by atoms with Gasteiger partial charge in [-0.1, -0.05) is 23.7 Å². The SMILES string of the molecule is O=C(CCn1nnc(-c2cccc(Cl)c2)n1)N1CCN(c2ccc(F)cc2)CC1. The second-order valence-electron chi connectivity index (χ2n) is 6.81. The van der Waals surface area contributed by atoms with Gasteiger partial charge in [0.25, 0.3) is 0 Å². The molecule has 0 atom stereocenters. The molecule has 0 saturated carbocycles. The topological polar surface area (TPSA) is 67.2 Å². The number of anilines is 1. The summed E-state index contributed by atoms with van der Waals surface area (Å²) < 4.78 is 13.1. The minimum absolute atomic E-state index is 0.0605. The predicted molar refractivity (Wildman–Crippen MR) is 108 cm³/mol. The van der Waals surface area contributed by atoms with Crippen molar-refractivity contribution in [3.63, 3.8) is 0 Å². The van der Waals surface area contributed by atoms with E-state index in [-0.39, 0.29) is 11.7 Å². The number of carbonyl (C=O) groups is 1. The summed E-state index contributed by atoms with van der Waals surface area (Å²) in [5, 5.41) is 13.0. The molecule has 1 amide bonds. The summed E-state index contributed by atoms with van der Waals surface area (Å²) in [6.45, 7) is 3.07. The van der Waals surface area contributed by atoms with Crippen LogP contribution in [0.2, 0.25) is 5.02 Å². The van der Waals surface area contributed by atoms with E-state index in [4.69, 9.17) is 11.6 Å². The number of benzene rings is 2. The largest absolute Gasteiger partial charge is 0.368 e. The minimum atomic E-state index is -0.247. The highest BCUT2D eigenvalue weighted by Gasteiger charge is 2.21. The van der Waals surface area contributed by atoms with Crippen LogP contribution < -0.4 is 4.90 Å². The summed E-state index contributed by atoms with van der Waals surface area (Å²) in [4.78, 5) is 18.0. The van der Waals surface area contributed by atoms with Gasteiger partial charge in [0.05, 0.1) is 6.54 Å². The number of rotatable bonds is 5. The molecule has 29 heavy (non-hydrogen) atoms. The van der Waals surface area contributed by atoms with Crippen LogP contribution in [0.25, 0.3) is 11.4 Å². The van der Waals surface area contributed by atoms with Crippen molar-refractivity contribution in [2.24, 2.45) is 0 Å². The molecule has 0 spiro atoms. The lowest BCUT2D eigenvalue weighted by Gasteiger charge is -2.36. The first-order chi connectivity index (χ1) is 14.1. The fourth-order valence-electron chi connectivity index (χ4n) is 3.30. The Balaban J connectivity index is 1.28. The van der Waals surface area contributed by atoms with Crippen molar-refractivity contribution in [1.29, 1.82) is 0 Å². The number of hydrogen-bond donors (Lipinski definition) is 0. The van der Waals surface area contributed by atoms with Crippen LogP contribution in [0, 0.1) is 5.82 Å². The first-order valence-electron chi connectivity index (χ1n) is 9.40. The minimum Gasteiger partial charge on any atom is -0.368 e. The van der Waals surface area contributed by atoms with Crippen LogP contribution in [0.3, 0.4) is 0 Å². The lowest BCUT2D eigenvalue weighted by atomic mass is 10.2. The number of piperazine rings is 1. The molecule has 0 radical (unpaired) electrons. The van der Waals surface area contributed by atoms with E-state index in [2.05, 4.69) is 20.3 Å². The Labute approximate surface area is 172 Å². The highest BCUT2D eigenvalue weighted by atomic mass is 35.5. The molecule has 9 heteroatoms. The van der Waals surface area contributed by atoms with Crippen LogP contribution in [-0.2, 0) is 11.3 Å². The second kappa shape index (κ2) is 8.57. The zero-order chi connectivity index (χ0) is 20.2. The molecular formula is C20H20ClFN6O. The number of amides is 1. The van der Waals surface area contributed by atoms with E-state index in [1.807, 2.05) is 17.0 Å². The highest BCUT2D eigenvalue weighted by molar-refractivity contribution is 6.30. The van der Waals surface area contributed by atoms with Crippen molar-refractivity contribution in [2.75, 3.05) is 31.1 Å². The first kappa shape index (κ1) is 19.3. The molecule has 0 aliphatic carbocycles. The third kappa shape index (κ3) is 4.71. The van der Waals surface area contributed by atoms with Gasteiger partial charge in [0.15, 0.2) is 0 Å². The molecule has 1 fully saturated rings. The van der Waals surface area contributed by atoms with Crippen molar-refractivity contribution >= 4 is 23.2 Å². The summed E-state index contributed by atoms with van der Waals surface area (Å²) in [7, 11) is 0. The van der Waals surface area contributed by atoms with Gasteiger partial charge < -0.3 is 9.80 Å². The maximum Gasteiger partial charge on any atom is 0.224 e. The van der Waals surface area contributed by atoms with Crippen molar-refractivity contribution in [3.8, 4) is 11.4 Å². The van der Waals surface area contributed by atoms with E-state index in [0.717, 1.165) is 24.3 Å². The second-order valence-corrected chi connectivity index (χ2v) is 7.25. The third-order valence-corrected chi connectivity index (χ3v) is 5.12. The Morgan fingerprint density at radius 2 is 1.83 bits per heavy atom. The van der Waals surface area contributed by atoms with E-state index in [1.54, 1.807) is 24.3 Å². The molecule has 0 N–H and O–H groups in total. The lowest BCUT2D eigenvalue weighted by molar-refractivity contribution is -0.131. The monoisotopic (exact) mass is 414 g/mol. The van der Waals surface area contributed by atoms with Gasteiger partial charge in [-0.05, 0) is 41.6 Å². The molecule has 3 aromatic rings. The normalized spacial score (nSPS) is 14.3. The fraction of sp³-hybridized carbons (Fsp3) is 0.300. The smallest absolute Gasteiger partial charge is 0.224 e. The van der Waals surface area contributed by atoms with Crippen LogP contribution in [0.15, 0.2) is 48.5 Å². The van der Waals surface area contributed by atoms with Crippen LogP contribution in [0.5, 0.6) is 0 Å². The maximum absolute atomic E-state index is 13.1. The Morgan fingerprint density at radius 1 is 1.07 bits per heavy atom.